The van der Waals surface area contributed by atoms with Crippen LogP contribution in [0.1, 0.15) is 16.7 Å². The van der Waals surface area contributed by atoms with Crippen molar-refractivity contribution in [3.8, 4) is 11.5 Å². The van der Waals surface area contributed by atoms with Crippen molar-refractivity contribution < 1.29 is 18.7 Å². The Kier molecular flexibility index (Phi) is 5.69. The monoisotopic (exact) mass is 429 g/mol. The van der Waals surface area contributed by atoms with Crippen LogP contribution in [-0.4, -0.2) is 20.1 Å². The van der Waals surface area contributed by atoms with Crippen molar-refractivity contribution in [1.82, 2.24) is 0 Å². The second-order valence-corrected chi connectivity index (χ2v) is 7.51. The second-order valence-electron chi connectivity index (χ2n) is 7.51. The molecule has 0 bridgehead atoms. The molecular formula is C26H23NO5. The summed E-state index contributed by atoms with van der Waals surface area (Å²) in [5, 5.41) is 3.82. The predicted octanol–water partition coefficient (Wildman–Crippen LogP) is 5.23. The van der Waals surface area contributed by atoms with Crippen molar-refractivity contribution in [2.45, 2.75) is 13.8 Å². The molecular weight excluding hydrogens is 406 g/mol. The highest BCUT2D eigenvalue weighted by atomic mass is 16.5. The lowest BCUT2D eigenvalue weighted by molar-refractivity contribution is -0.111. The summed E-state index contributed by atoms with van der Waals surface area (Å²) in [4.78, 5) is 25.3. The second kappa shape index (κ2) is 8.59. The molecule has 0 unspecified atom stereocenters. The van der Waals surface area contributed by atoms with Crippen molar-refractivity contribution in [3.05, 3.63) is 81.5 Å². The fourth-order valence-corrected chi connectivity index (χ4v) is 3.50. The van der Waals surface area contributed by atoms with E-state index < -0.39 is 0 Å². The molecule has 1 amide bonds. The number of benzene rings is 3. The zero-order valence-corrected chi connectivity index (χ0v) is 18.3. The number of rotatable bonds is 5. The number of aryl methyl sites for hydroxylation is 2. The lowest BCUT2D eigenvalue weighted by Crippen LogP contribution is -2.08. The summed E-state index contributed by atoms with van der Waals surface area (Å²) >= 11 is 0. The third kappa shape index (κ3) is 4.07. The van der Waals surface area contributed by atoms with E-state index in [-0.39, 0.29) is 11.3 Å². The lowest BCUT2D eigenvalue weighted by Gasteiger charge is -2.08. The molecule has 6 heteroatoms. The molecule has 0 spiro atoms. The maximum absolute atomic E-state index is 12.9. The summed E-state index contributed by atoms with van der Waals surface area (Å²) in [6, 6.07) is 14.1. The van der Waals surface area contributed by atoms with Gasteiger partial charge in [0.25, 0.3) is 0 Å². The molecule has 1 heterocycles. The van der Waals surface area contributed by atoms with Crippen molar-refractivity contribution >= 4 is 39.6 Å². The summed E-state index contributed by atoms with van der Waals surface area (Å²) in [5.41, 5.74) is 4.27. The number of carbonyl (C=O) groups excluding carboxylic acids is 1. The van der Waals surface area contributed by atoms with Crippen LogP contribution < -0.4 is 20.2 Å². The molecule has 0 saturated carbocycles. The standard InChI is InChI=1S/C26H23NO5/c1-15-11-20-22(12-16(15)2)32-23-14-18(7-8-19(23)26(20)29)27-25(28)10-6-17-5-9-21(30-3)24(13-17)31-4/h5-14H,1-4H3,(H,27,28)/b10-6+. The van der Waals surface area contributed by atoms with Crippen molar-refractivity contribution in [2.24, 2.45) is 0 Å². The molecule has 0 atom stereocenters. The molecule has 6 nitrogen and oxygen atoms in total. The first kappa shape index (κ1) is 21.2. The van der Waals surface area contributed by atoms with Gasteiger partial charge < -0.3 is 19.2 Å². The van der Waals surface area contributed by atoms with E-state index in [1.165, 1.54) is 6.08 Å². The van der Waals surface area contributed by atoms with Gasteiger partial charge in [0.15, 0.2) is 11.5 Å². The van der Waals surface area contributed by atoms with Crippen LogP contribution in [0.2, 0.25) is 0 Å². The summed E-state index contributed by atoms with van der Waals surface area (Å²) in [5.74, 6) is 0.885. The summed E-state index contributed by atoms with van der Waals surface area (Å²) in [7, 11) is 3.12. The van der Waals surface area contributed by atoms with Gasteiger partial charge in [0, 0.05) is 17.8 Å². The van der Waals surface area contributed by atoms with Gasteiger partial charge in [-0.3, -0.25) is 9.59 Å². The van der Waals surface area contributed by atoms with Gasteiger partial charge in [0.1, 0.15) is 11.2 Å². The number of carbonyl (C=O) groups is 1. The Hall–Kier alpha value is -4.06. The highest BCUT2D eigenvalue weighted by molar-refractivity contribution is 6.03. The van der Waals surface area contributed by atoms with Crippen LogP contribution in [0.4, 0.5) is 5.69 Å². The molecule has 4 rings (SSSR count). The Morgan fingerprint density at radius 2 is 1.59 bits per heavy atom. The molecule has 162 valence electrons. The molecule has 4 aromatic rings. The number of fused-ring (bicyclic) bond motifs is 2. The van der Waals surface area contributed by atoms with Gasteiger partial charge in [0.2, 0.25) is 11.3 Å². The maximum Gasteiger partial charge on any atom is 0.248 e. The number of ether oxygens (including phenoxy) is 2. The van der Waals surface area contributed by atoms with Crippen LogP contribution in [0.5, 0.6) is 11.5 Å². The van der Waals surface area contributed by atoms with Crippen LogP contribution in [0.15, 0.2) is 63.8 Å². The average molecular weight is 429 g/mol. The van der Waals surface area contributed by atoms with Crippen molar-refractivity contribution in [2.75, 3.05) is 19.5 Å². The number of methoxy groups -OCH3 is 2. The van der Waals surface area contributed by atoms with Crippen molar-refractivity contribution in [1.29, 1.82) is 0 Å². The highest BCUT2D eigenvalue weighted by Crippen LogP contribution is 2.28. The Morgan fingerprint density at radius 1 is 0.875 bits per heavy atom. The van der Waals surface area contributed by atoms with Gasteiger partial charge in [0.05, 0.1) is 25.0 Å². The fraction of sp³-hybridized carbons (Fsp3) is 0.154. The Labute approximate surface area is 185 Å². The molecule has 1 N–H and O–H groups in total. The first-order valence-electron chi connectivity index (χ1n) is 10.1. The van der Waals surface area contributed by atoms with E-state index in [1.54, 1.807) is 50.6 Å². The first-order chi connectivity index (χ1) is 15.4. The molecule has 1 aromatic heterocycles. The SMILES string of the molecule is COc1ccc(/C=C/C(=O)Nc2ccc3c(=O)c4cc(C)c(C)cc4oc3c2)cc1OC. The maximum atomic E-state index is 12.9. The Balaban J connectivity index is 1.59. The zero-order chi connectivity index (χ0) is 22.8. The Morgan fingerprint density at radius 3 is 2.34 bits per heavy atom. The predicted molar refractivity (Wildman–Crippen MR) is 127 cm³/mol. The number of nitrogens with one attached hydrogen (secondary N) is 1. The fourth-order valence-electron chi connectivity index (χ4n) is 3.50. The third-order valence-corrected chi connectivity index (χ3v) is 5.39. The average Bonchev–Trinajstić information content (AvgIpc) is 2.79. The molecule has 3 aromatic carbocycles. The molecule has 0 aliphatic heterocycles. The molecule has 32 heavy (non-hydrogen) atoms. The van der Waals surface area contributed by atoms with Gasteiger partial charge in [-0.15, -0.1) is 0 Å². The number of anilines is 1. The first-order valence-corrected chi connectivity index (χ1v) is 10.1. The van der Waals surface area contributed by atoms with Crippen LogP contribution in [-0.2, 0) is 4.79 Å². The van der Waals surface area contributed by atoms with E-state index in [0.29, 0.717) is 39.1 Å². The van der Waals surface area contributed by atoms with Crippen molar-refractivity contribution in [3.63, 3.8) is 0 Å². The van der Waals surface area contributed by atoms with Gasteiger partial charge >= 0.3 is 0 Å². The number of hydrogen-bond acceptors (Lipinski definition) is 5. The van der Waals surface area contributed by atoms with Crippen LogP contribution in [0.3, 0.4) is 0 Å². The van der Waals surface area contributed by atoms with Crippen LogP contribution in [0.25, 0.3) is 28.0 Å². The van der Waals surface area contributed by atoms with E-state index in [2.05, 4.69) is 5.32 Å². The van der Waals surface area contributed by atoms with E-state index in [0.717, 1.165) is 16.7 Å². The molecule has 0 radical (unpaired) electrons. The largest absolute Gasteiger partial charge is 0.493 e. The normalized spacial score (nSPS) is 11.2. The topological polar surface area (TPSA) is 77.8 Å². The third-order valence-electron chi connectivity index (χ3n) is 5.39. The van der Waals surface area contributed by atoms with Crippen LogP contribution in [0, 0.1) is 13.8 Å². The van der Waals surface area contributed by atoms with Crippen LogP contribution >= 0.6 is 0 Å². The molecule has 0 aliphatic rings. The smallest absolute Gasteiger partial charge is 0.248 e. The highest BCUT2D eigenvalue weighted by Gasteiger charge is 2.11. The molecule has 0 aliphatic carbocycles. The van der Waals surface area contributed by atoms with E-state index in [4.69, 9.17) is 13.9 Å². The van der Waals surface area contributed by atoms with Gasteiger partial charge in [-0.25, -0.2) is 0 Å². The lowest BCUT2D eigenvalue weighted by atomic mass is 10.1. The van der Waals surface area contributed by atoms with E-state index >= 15 is 0 Å². The van der Waals surface area contributed by atoms with E-state index in [9.17, 15) is 9.59 Å². The minimum Gasteiger partial charge on any atom is -0.493 e. The summed E-state index contributed by atoms with van der Waals surface area (Å²) < 4.78 is 16.5. The quantitative estimate of drug-likeness (QED) is 0.347. The van der Waals surface area contributed by atoms with E-state index in [1.807, 2.05) is 32.0 Å². The Bertz CT molecular complexity index is 1430. The minimum atomic E-state index is -0.311. The van der Waals surface area contributed by atoms with Gasteiger partial charge in [-0.2, -0.15) is 0 Å². The molecule has 0 saturated heterocycles. The zero-order valence-electron chi connectivity index (χ0n) is 18.3. The molecule has 0 fully saturated rings. The number of amides is 1. The summed E-state index contributed by atoms with van der Waals surface area (Å²) in [6.07, 6.45) is 3.10. The van der Waals surface area contributed by atoms with Gasteiger partial charge in [-0.05, 0) is 73.0 Å². The number of hydrogen-bond donors (Lipinski definition) is 1. The minimum absolute atomic E-state index is 0.0874. The van der Waals surface area contributed by atoms with Gasteiger partial charge in [-0.1, -0.05) is 6.07 Å². The summed E-state index contributed by atoms with van der Waals surface area (Å²) in [6.45, 7) is 3.94.